The van der Waals surface area contributed by atoms with Crippen LogP contribution in [0.4, 0.5) is 20.2 Å². The van der Waals surface area contributed by atoms with E-state index < -0.39 is 12.6 Å². The van der Waals surface area contributed by atoms with E-state index in [0.717, 1.165) is 0 Å². The van der Waals surface area contributed by atoms with E-state index in [0.29, 0.717) is 0 Å². The van der Waals surface area contributed by atoms with Crippen molar-refractivity contribution in [3.63, 3.8) is 0 Å². The van der Waals surface area contributed by atoms with Gasteiger partial charge in [0.05, 0.1) is 19.2 Å². The number of hydrogen-bond acceptors (Lipinski definition) is 5. The van der Waals surface area contributed by atoms with Gasteiger partial charge in [-0.15, -0.1) is 0 Å². The SMILES string of the molecule is COC(=O)Cc1cc(N)cc(N)c1OC(F)F. The van der Waals surface area contributed by atoms with Gasteiger partial charge in [0.1, 0.15) is 0 Å². The van der Waals surface area contributed by atoms with Gasteiger partial charge in [0.25, 0.3) is 0 Å². The standard InChI is InChI=1S/C10H12F2N2O3/c1-16-8(15)3-5-2-6(13)4-7(14)9(5)17-10(11)12/h2,4,10H,3,13-14H2,1H3. The molecule has 1 aromatic carbocycles. The largest absolute Gasteiger partial charge is 0.469 e. The molecule has 0 atom stereocenters. The highest BCUT2D eigenvalue weighted by Crippen LogP contribution is 2.31. The predicted octanol–water partition coefficient (Wildman–Crippen LogP) is 1.17. The van der Waals surface area contributed by atoms with Crippen LogP contribution in [-0.4, -0.2) is 19.7 Å². The number of carbonyl (C=O) groups excluding carboxylic acids is 1. The number of methoxy groups -OCH3 is 1. The van der Waals surface area contributed by atoms with Crippen LogP contribution in [0.2, 0.25) is 0 Å². The minimum atomic E-state index is -3.03. The van der Waals surface area contributed by atoms with Crippen molar-refractivity contribution in [3.05, 3.63) is 17.7 Å². The Balaban J connectivity index is 3.10. The number of carbonyl (C=O) groups is 1. The number of esters is 1. The van der Waals surface area contributed by atoms with Gasteiger partial charge in [-0.2, -0.15) is 8.78 Å². The van der Waals surface area contributed by atoms with Crippen molar-refractivity contribution in [1.82, 2.24) is 0 Å². The van der Waals surface area contributed by atoms with Gasteiger partial charge in [-0.25, -0.2) is 0 Å². The molecule has 0 aliphatic heterocycles. The van der Waals surface area contributed by atoms with Gasteiger partial charge in [0.15, 0.2) is 5.75 Å². The number of hydrogen-bond donors (Lipinski definition) is 2. The number of benzene rings is 1. The predicted molar refractivity (Wildman–Crippen MR) is 57.6 cm³/mol. The van der Waals surface area contributed by atoms with Gasteiger partial charge in [0.2, 0.25) is 0 Å². The maximum absolute atomic E-state index is 12.2. The molecule has 0 saturated carbocycles. The van der Waals surface area contributed by atoms with Crippen LogP contribution in [-0.2, 0) is 16.0 Å². The Kier molecular flexibility index (Phi) is 4.08. The molecule has 0 fully saturated rings. The summed E-state index contributed by atoms with van der Waals surface area (Å²) in [5.41, 5.74) is 11.4. The molecule has 0 aliphatic carbocycles. The number of anilines is 2. The summed E-state index contributed by atoms with van der Waals surface area (Å²) in [4.78, 5) is 11.1. The number of ether oxygens (including phenoxy) is 2. The third-order valence-electron chi connectivity index (χ3n) is 1.99. The summed E-state index contributed by atoms with van der Waals surface area (Å²) in [5, 5.41) is 0. The van der Waals surface area contributed by atoms with Crippen LogP contribution in [0.3, 0.4) is 0 Å². The van der Waals surface area contributed by atoms with E-state index in [1.165, 1.54) is 19.2 Å². The quantitative estimate of drug-likeness (QED) is 0.615. The molecule has 0 aliphatic rings. The monoisotopic (exact) mass is 246 g/mol. The molecule has 0 amide bonds. The van der Waals surface area contributed by atoms with Crippen molar-refractivity contribution in [2.75, 3.05) is 18.6 Å². The van der Waals surface area contributed by atoms with Gasteiger partial charge in [-0.3, -0.25) is 4.79 Å². The molecule has 0 saturated heterocycles. The zero-order chi connectivity index (χ0) is 13.0. The first-order valence-corrected chi connectivity index (χ1v) is 4.63. The Bertz CT molecular complexity index is 424. The highest BCUT2D eigenvalue weighted by Gasteiger charge is 2.16. The summed E-state index contributed by atoms with van der Waals surface area (Å²) >= 11 is 0. The molecular weight excluding hydrogens is 234 g/mol. The highest BCUT2D eigenvalue weighted by molar-refractivity contribution is 5.76. The van der Waals surface area contributed by atoms with E-state index in [4.69, 9.17) is 11.5 Å². The lowest BCUT2D eigenvalue weighted by Gasteiger charge is -2.13. The fourth-order valence-corrected chi connectivity index (χ4v) is 1.33. The maximum atomic E-state index is 12.2. The van der Waals surface area contributed by atoms with Crippen molar-refractivity contribution in [1.29, 1.82) is 0 Å². The molecule has 0 bridgehead atoms. The van der Waals surface area contributed by atoms with Crippen LogP contribution in [0.25, 0.3) is 0 Å². The zero-order valence-corrected chi connectivity index (χ0v) is 9.07. The normalized spacial score (nSPS) is 10.4. The van der Waals surface area contributed by atoms with E-state index in [-0.39, 0.29) is 29.1 Å². The Morgan fingerprint density at radius 3 is 2.59 bits per heavy atom. The molecule has 0 radical (unpaired) electrons. The fraction of sp³-hybridized carbons (Fsp3) is 0.300. The Hall–Kier alpha value is -2.05. The highest BCUT2D eigenvalue weighted by atomic mass is 19.3. The van der Waals surface area contributed by atoms with Crippen molar-refractivity contribution in [2.45, 2.75) is 13.0 Å². The van der Waals surface area contributed by atoms with Gasteiger partial charge in [0, 0.05) is 11.3 Å². The molecule has 1 rings (SSSR count). The average molecular weight is 246 g/mol. The van der Waals surface area contributed by atoms with Crippen LogP contribution in [0.5, 0.6) is 5.75 Å². The molecule has 5 nitrogen and oxygen atoms in total. The molecule has 4 N–H and O–H groups in total. The second-order valence-corrected chi connectivity index (χ2v) is 3.23. The van der Waals surface area contributed by atoms with Crippen LogP contribution in [0.15, 0.2) is 12.1 Å². The smallest absolute Gasteiger partial charge is 0.387 e. The van der Waals surface area contributed by atoms with E-state index in [2.05, 4.69) is 9.47 Å². The summed E-state index contributed by atoms with van der Waals surface area (Å²) in [6, 6.07) is 2.61. The van der Waals surface area contributed by atoms with Crippen molar-refractivity contribution in [3.8, 4) is 5.75 Å². The molecule has 0 unspecified atom stereocenters. The lowest BCUT2D eigenvalue weighted by atomic mass is 10.1. The Morgan fingerprint density at radius 2 is 2.06 bits per heavy atom. The van der Waals surface area contributed by atoms with Gasteiger partial charge in [-0.05, 0) is 12.1 Å². The molecule has 1 aromatic rings. The Labute approximate surface area is 96.3 Å². The first kappa shape index (κ1) is 13.0. The van der Waals surface area contributed by atoms with Crippen molar-refractivity contribution >= 4 is 17.3 Å². The first-order chi connectivity index (χ1) is 7.93. The number of rotatable bonds is 4. The van der Waals surface area contributed by atoms with Crippen LogP contribution >= 0.6 is 0 Å². The number of nitrogen functional groups attached to an aromatic ring is 2. The summed E-state index contributed by atoms with van der Waals surface area (Å²) in [5.74, 6) is -0.853. The second kappa shape index (κ2) is 5.33. The van der Waals surface area contributed by atoms with E-state index >= 15 is 0 Å². The van der Waals surface area contributed by atoms with Crippen molar-refractivity contribution < 1.29 is 23.0 Å². The molecule has 7 heteroatoms. The lowest BCUT2D eigenvalue weighted by molar-refractivity contribution is -0.139. The minimum absolute atomic E-state index is 0.0517. The van der Waals surface area contributed by atoms with Gasteiger partial charge < -0.3 is 20.9 Å². The molecule has 17 heavy (non-hydrogen) atoms. The first-order valence-electron chi connectivity index (χ1n) is 4.63. The maximum Gasteiger partial charge on any atom is 0.387 e. The molecular formula is C10H12F2N2O3. The van der Waals surface area contributed by atoms with Gasteiger partial charge >= 0.3 is 12.6 Å². The summed E-state index contributed by atoms with van der Waals surface area (Å²) in [7, 11) is 1.19. The van der Waals surface area contributed by atoms with Crippen LogP contribution < -0.4 is 16.2 Å². The minimum Gasteiger partial charge on any atom is -0.469 e. The van der Waals surface area contributed by atoms with Crippen LogP contribution in [0, 0.1) is 0 Å². The second-order valence-electron chi connectivity index (χ2n) is 3.23. The Morgan fingerprint density at radius 1 is 1.41 bits per heavy atom. The van der Waals surface area contributed by atoms with Crippen LogP contribution in [0.1, 0.15) is 5.56 Å². The summed E-state index contributed by atoms with van der Waals surface area (Å²) in [6.07, 6.45) is -0.242. The van der Waals surface area contributed by atoms with Gasteiger partial charge in [-0.1, -0.05) is 0 Å². The summed E-state index contributed by atoms with van der Waals surface area (Å²) < 4.78 is 33.0. The topological polar surface area (TPSA) is 87.6 Å². The molecule has 0 heterocycles. The van der Waals surface area contributed by atoms with E-state index in [9.17, 15) is 13.6 Å². The lowest BCUT2D eigenvalue weighted by Crippen LogP contribution is -2.11. The number of nitrogens with two attached hydrogens (primary N) is 2. The molecule has 0 spiro atoms. The molecule has 0 aromatic heterocycles. The van der Waals surface area contributed by atoms with E-state index in [1.54, 1.807) is 0 Å². The number of halogens is 2. The third kappa shape index (κ3) is 3.47. The average Bonchev–Trinajstić information content (AvgIpc) is 2.22. The number of alkyl halides is 2. The summed E-state index contributed by atoms with van der Waals surface area (Å²) in [6.45, 7) is -3.03. The zero-order valence-electron chi connectivity index (χ0n) is 9.07. The molecule has 94 valence electrons. The third-order valence-corrected chi connectivity index (χ3v) is 1.99. The van der Waals surface area contributed by atoms with E-state index in [1.807, 2.05) is 0 Å². The van der Waals surface area contributed by atoms with Crippen molar-refractivity contribution in [2.24, 2.45) is 0 Å². The fourth-order valence-electron chi connectivity index (χ4n) is 1.33.